The number of likely N-dealkylation sites (tertiary alicyclic amines) is 2. The van der Waals surface area contributed by atoms with Crippen LogP contribution in [0.2, 0.25) is 0 Å². The Morgan fingerprint density at radius 2 is 2.00 bits per heavy atom. The van der Waals surface area contributed by atoms with E-state index in [4.69, 9.17) is 0 Å². The first-order valence-corrected chi connectivity index (χ1v) is 9.95. The maximum absolute atomic E-state index is 13.3. The van der Waals surface area contributed by atoms with Gasteiger partial charge in [-0.1, -0.05) is 30.3 Å². The zero-order valence-electron chi connectivity index (χ0n) is 15.6. The summed E-state index contributed by atoms with van der Waals surface area (Å²) in [7, 11) is 1.92. The second-order valence-electron chi connectivity index (χ2n) is 8.04. The quantitative estimate of drug-likeness (QED) is 0.876. The van der Waals surface area contributed by atoms with Gasteiger partial charge in [-0.2, -0.15) is 0 Å². The van der Waals surface area contributed by atoms with Gasteiger partial charge in [-0.25, -0.2) is 0 Å². The van der Waals surface area contributed by atoms with Crippen LogP contribution in [0.15, 0.2) is 30.3 Å². The van der Waals surface area contributed by atoms with E-state index in [9.17, 15) is 9.59 Å². The van der Waals surface area contributed by atoms with Crippen molar-refractivity contribution in [3.05, 3.63) is 35.9 Å². The molecule has 1 N–H and O–H groups in total. The van der Waals surface area contributed by atoms with Crippen molar-refractivity contribution in [3.8, 4) is 0 Å². The highest BCUT2D eigenvalue weighted by atomic mass is 16.2. The molecule has 5 nitrogen and oxygen atoms in total. The Morgan fingerprint density at radius 1 is 1.23 bits per heavy atom. The lowest BCUT2D eigenvalue weighted by Gasteiger charge is -2.47. The van der Waals surface area contributed by atoms with Gasteiger partial charge in [-0.15, -0.1) is 0 Å². The highest BCUT2D eigenvalue weighted by Gasteiger charge is 2.54. The van der Waals surface area contributed by atoms with Gasteiger partial charge in [0.25, 0.3) is 0 Å². The lowest BCUT2D eigenvalue weighted by molar-refractivity contribution is -0.145. The van der Waals surface area contributed by atoms with Crippen LogP contribution in [0.25, 0.3) is 0 Å². The first kappa shape index (κ1) is 17.5. The fourth-order valence-electron chi connectivity index (χ4n) is 4.87. The number of nitrogens with one attached hydrogen (secondary N) is 1. The monoisotopic (exact) mass is 355 g/mol. The van der Waals surface area contributed by atoms with Gasteiger partial charge >= 0.3 is 0 Å². The molecular weight excluding hydrogens is 326 g/mol. The third-order valence-corrected chi connectivity index (χ3v) is 6.52. The van der Waals surface area contributed by atoms with Crippen molar-refractivity contribution in [3.63, 3.8) is 0 Å². The number of hydrogen-bond donors (Lipinski definition) is 1. The van der Waals surface area contributed by atoms with Crippen LogP contribution in [-0.2, 0) is 15.0 Å². The van der Waals surface area contributed by atoms with E-state index >= 15 is 0 Å². The average Bonchev–Trinajstić information content (AvgIpc) is 3.49. The van der Waals surface area contributed by atoms with Gasteiger partial charge in [0.15, 0.2) is 0 Å². The number of nitrogens with zero attached hydrogens (tertiary/aromatic N) is 2. The van der Waals surface area contributed by atoms with Crippen LogP contribution >= 0.6 is 0 Å². The molecule has 5 heteroatoms. The predicted octanol–water partition coefficient (Wildman–Crippen LogP) is 1.78. The van der Waals surface area contributed by atoms with Crippen molar-refractivity contribution in [1.82, 2.24) is 15.1 Å². The minimum absolute atomic E-state index is 0.273. The van der Waals surface area contributed by atoms with Crippen LogP contribution in [0.3, 0.4) is 0 Å². The molecule has 3 aliphatic rings. The summed E-state index contributed by atoms with van der Waals surface area (Å²) in [5.41, 5.74) is 0.895. The number of likely N-dealkylation sites (N-methyl/N-ethyl adjacent to an activating group) is 1. The van der Waals surface area contributed by atoms with Crippen molar-refractivity contribution in [2.75, 3.05) is 33.2 Å². The molecule has 2 atom stereocenters. The van der Waals surface area contributed by atoms with E-state index in [0.717, 1.165) is 51.9 Å². The molecular formula is C21H29N3O2. The van der Waals surface area contributed by atoms with Crippen molar-refractivity contribution >= 4 is 11.8 Å². The largest absolute Gasteiger partial charge is 0.341 e. The molecule has 1 aromatic carbocycles. The van der Waals surface area contributed by atoms with Crippen LogP contribution in [0.5, 0.6) is 0 Å². The van der Waals surface area contributed by atoms with Crippen molar-refractivity contribution in [2.45, 2.75) is 43.6 Å². The van der Waals surface area contributed by atoms with Gasteiger partial charge in [0, 0.05) is 38.6 Å². The maximum Gasteiger partial charge on any atom is 0.233 e. The average molecular weight is 355 g/mol. The zero-order chi connectivity index (χ0) is 18.1. The first-order valence-electron chi connectivity index (χ1n) is 9.95. The Balaban J connectivity index is 1.45. The van der Waals surface area contributed by atoms with Crippen LogP contribution in [0.1, 0.15) is 37.7 Å². The summed E-state index contributed by atoms with van der Waals surface area (Å²) in [5, 5.41) is 3.15. The number of piperidine rings is 2. The molecule has 1 saturated carbocycles. The molecule has 140 valence electrons. The van der Waals surface area contributed by atoms with Crippen molar-refractivity contribution in [1.29, 1.82) is 0 Å². The van der Waals surface area contributed by atoms with Gasteiger partial charge in [0.1, 0.15) is 0 Å². The highest BCUT2D eigenvalue weighted by Crippen LogP contribution is 2.50. The van der Waals surface area contributed by atoms with E-state index in [-0.39, 0.29) is 11.3 Å². The molecule has 0 spiro atoms. The summed E-state index contributed by atoms with van der Waals surface area (Å²) in [6, 6.07) is 10.6. The van der Waals surface area contributed by atoms with E-state index in [0.29, 0.717) is 24.3 Å². The molecule has 2 saturated heterocycles. The summed E-state index contributed by atoms with van der Waals surface area (Å²) in [6.07, 6.45) is 4.38. The van der Waals surface area contributed by atoms with E-state index in [1.54, 1.807) is 0 Å². The standard InChI is InChI=1S/C21H29N3O2/c1-22-12-14-24-18-9-13-23(15-16(18)7-8-19(24)25)20(26)21(10-11-21)17-5-3-2-4-6-17/h2-6,16,18,22H,7-15H2,1H3/t16-,18+/m0/s1. The first-order chi connectivity index (χ1) is 12.7. The third-order valence-electron chi connectivity index (χ3n) is 6.52. The van der Waals surface area contributed by atoms with E-state index < -0.39 is 0 Å². The molecule has 0 unspecified atom stereocenters. The van der Waals surface area contributed by atoms with Crippen molar-refractivity contribution < 1.29 is 9.59 Å². The molecule has 0 aromatic heterocycles. The Bertz CT molecular complexity index is 671. The molecule has 1 aromatic rings. The van der Waals surface area contributed by atoms with Gasteiger partial charge in [-0.05, 0) is 44.2 Å². The normalized spacial score (nSPS) is 27.2. The molecule has 0 radical (unpaired) electrons. The second-order valence-corrected chi connectivity index (χ2v) is 8.04. The number of benzene rings is 1. The lowest BCUT2D eigenvalue weighted by atomic mass is 9.82. The van der Waals surface area contributed by atoms with Crippen LogP contribution < -0.4 is 5.32 Å². The maximum atomic E-state index is 13.3. The molecule has 2 aliphatic heterocycles. The van der Waals surface area contributed by atoms with Gasteiger partial charge in [0.05, 0.1) is 5.41 Å². The van der Waals surface area contributed by atoms with Crippen molar-refractivity contribution in [2.24, 2.45) is 5.92 Å². The number of fused-ring (bicyclic) bond motifs is 1. The van der Waals surface area contributed by atoms with E-state index in [2.05, 4.69) is 27.2 Å². The summed E-state index contributed by atoms with van der Waals surface area (Å²) < 4.78 is 0. The Hall–Kier alpha value is -1.88. The summed E-state index contributed by atoms with van der Waals surface area (Å²) >= 11 is 0. The topological polar surface area (TPSA) is 52.7 Å². The van der Waals surface area contributed by atoms with Crippen LogP contribution in [-0.4, -0.2) is 60.9 Å². The second kappa shape index (κ2) is 7.03. The lowest BCUT2D eigenvalue weighted by Crippen LogP contribution is -2.58. The Kier molecular flexibility index (Phi) is 4.74. The Labute approximate surface area is 155 Å². The smallest absolute Gasteiger partial charge is 0.233 e. The number of rotatable bonds is 5. The number of carbonyl (C=O) groups is 2. The number of hydrogen-bond acceptors (Lipinski definition) is 3. The highest BCUT2D eigenvalue weighted by molar-refractivity contribution is 5.91. The zero-order valence-corrected chi connectivity index (χ0v) is 15.6. The van der Waals surface area contributed by atoms with Gasteiger partial charge in [-0.3, -0.25) is 9.59 Å². The Morgan fingerprint density at radius 3 is 2.69 bits per heavy atom. The molecule has 2 heterocycles. The van der Waals surface area contributed by atoms with Crippen LogP contribution in [0.4, 0.5) is 0 Å². The SMILES string of the molecule is CNCCN1C(=O)CC[C@H]2CN(C(=O)C3(c4ccccc4)CC3)CC[C@H]21. The predicted molar refractivity (Wildman–Crippen MR) is 101 cm³/mol. The fraction of sp³-hybridized carbons (Fsp3) is 0.619. The summed E-state index contributed by atoms with van der Waals surface area (Å²) in [6.45, 7) is 3.19. The van der Waals surface area contributed by atoms with E-state index in [1.165, 1.54) is 5.56 Å². The molecule has 0 bridgehead atoms. The molecule has 4 rings (SSSR count). The minimum Gasteiger partial charge on any atom is -0.341 e. The van der Waals surface area contributed by atoms with Gasteiger partial charge < -0.3 is 15.1 Å². The van der Waals surface area contributed by atoms with Crippen LogP contribution in [0, 0.1) is 5.92 Å². The summed E-state index contributed by atoms with van der Waals surface area (Å²) in [5.74, 6) is 1.01. The number of amides is 2. The molecule has 1 aliphatic carbocycles. The van der Waals surface area contributed by atoms with Gasteiger partial charge in [0.2, 0.25) is 11.8 Å². The molecule has 2 amide bonds. The third kappa shape index (κ3) is 3.02. The molecule has 3 fully saturated rings. The molecule has 26 heavy (non-hydrogen) atoms. The van der Waals surface area contributed by atoms with E-state index in [1.807, 2.05) is 25.2 Å². The number of carbonyl (C=O) groups excluding carboxylic acids is 2. The minimum atomic E-state index is -0.273. The summed E-state index contributed by atoms with van der Waals surface area (Å²) in [4.78, 5) is 29.8. The fourth-order valence-corrected chi connectivity index (χ4v) is 4.87.